The number of nitrogens with zero attached hydrogens (tertiary/aromatic N) is 2. The van der Waals surface area contributed by atoms with E-state index in [9.17, 15) is 9.90 Å². The predicted octanol–water partition coefficient (Wildman–Crippen LogP) is 2.19. The van der Waals surface area contributed by atoms with Crippen LogP contribution in [-0.2, 0) is 17.8 Å². The minimum Gasteiger partial charge on any atom is -0.480 e. The maximum Gasteiger partial charge on any atom is 0.325 e. The number of hydrogen-bond donors (Lipinski definition) is 2. The molecule has 5 nitrogen and oxygen atoms in total. The van der Waals surface area contributed by atoms with Crippen LogP contribution in [0.5, 0.6) is 0 Å². The first kappa shape index (κ1) is 14.1. The summed E-state index contributed by atoms with van der Waals surface area (Å²) < 4.78 is 2.04. The minimum atomic E-state index is -0.964. The van der Waals surface area contributed by atoms with Crippen molar-refractivity contribution in [3.8, 4) is 0 Å². The van der Waals surface area contributed by atoms with Crippen molar-refractivity contribution in [1.82, 2.24) is 14.9 Å². The molecule has 1 unspecified atom stereocenters. The van der Waals surface area contributed by atoms with Crippen molar-refractivity contribution in [1.29, 1.82) is 0 Å². The number of carbonyl (C=O) groups is 1. The quantitative estimate of drug-likeness (QED) is 0.854. The van der Waals surface area contributed by atoms with Crippen LogP contribution in [0.3, 0.4) is 0 Å². The van der Waals surface area contributed by atoms with E-state index in [1.807, 2.05) is 35.8 Å². The molecular weight excluding hydrogens is 266 g/mol. The fraction of sp³-hybridized carbons (Fsp3) is 0.500. The highest BCUT2D eigenvalue weighted by atomic mass is 16.4. The van der Waals surface area contributed by atoms with Gasteiger partial charge in [0.15, 0.2) is 0 Å². The monoisotopic (exact) mass is 287 g/mol. The molecule has 21 heavy (non-hydrogen) atoms. The number of aliphatic carboxylic acids is 1. The largest absolute Gasteiger partial charge is 0.480 e. The second-order valence-electron chi connectivity index (χ2n) is 6.01. The number of carboxylic acids is 1. The second kappa shape index (κ2) is 5.15. The Balaban J connectivity index is 2.00. The molecule has 3 rings (SSSR count). The van der Waals surface area contributed by atoms with Crippen molar-refractivity contribution in [2.45, 2.75) is 51.2 Å². The van der Waals surface area contributed by atoms with Gasteiger partial charge in [-0.2, -0.15) is 0 Å². The topological polar surface area (TPSA) is 67.2 Å². The molecule has 5 heteroatoms. The molecule has 0 amide bonds. The molecule has 0 saturated heterocycles. The van der Waals surface area contributed by atoms with Crippen LogP contribution < -0.4 is 5.32 Å². The third-order valence-electron chi connectivity index (χ3n) is 4.10. The van der Waals surface area contributed by atoms with Gasteiger partial charge in [0.2, 0.25) is 0 Å². The summed E-state index contributed by atoms with van der Waals surface area (Å²) in [6, 6.07) is 8.23. The number of imidazole rings is 1. The highest BCUT2D eigenvalue weighted by Gasteiger charge is 2.39. The smallest absolute Gasteiger partial charge is 0.325 e. The zero-order valence-corrected chi connectivity index (χ0v) is 12.5. The number of fused-ring (bicyclic) bond motifs is 1. The summed E-state index contributed by atoms with van der Waals surface area (Å²) >= 11 is 0. The molecule has 2 N–H and O–H groups in total. The number of benzene rings is 1. The summed E-state index contributed by atoms with van der Waals surface area (Å²) in [6.45, 7) is 4.20. The molecular formula is C16H21N3O2. The van der Waals surface area contributed by atoms with Gasteiger partial charge in [0.25, 0.3) is 0 Å². The summed E-state index contributed by atoms with van der Waals surface area (Å²) in [5.74, 6) is 0.121. The molecule has 1 heterocycles. The molecule has 1 atom stereocenters. The van der Waals surface area contributed by atoms with E-state index in [0.717, 1.165) is 36.1 Å². The molecule has 1 aromatic carbocycles. The van der Waals surface area contributed by atoms with E-state index in [4.69, 9.17) is 0 Å². The number of aromatic nitrogens is 2. The van der Waals surface area contributed by atoms with Crippen LogP contribution in [0.4, 0.5) is 0 Å². The lowest BCUT2D eigenvalue weighted by Gasteiger charge is -2.28. The minimum absolute atomic E-state index is 0.339. The molecule has 0 bridgehead atoms. The molecule has 0 radical (unpaired) electrons. The molecule has 1 saturated carbocycles. The van der Waals surface area contributed by atoms with Gasteiger partial charge in [0.05, 0.1) is 17.6 Å². The lowest BCUT2D eigenvalue weighted by atomic mass is 10.0. The lowest BCUT2D eigenvalue weighted by Crippen LogP contribution is -2.53. The van der Waals surface area contributed by atoms with Crippen LogP contribution in [0.25, 0.3) is 11.0 Å². The van der Waals surface area contributed by atoms with Crippen LogP contribution in [0, 0.1) is 0 Å². The van der Waals surface area contributed by atoms with Gasteiger partial charge in [-0.1, -0.05) is 19.1 Å². The van der Waals surface area contributed by atoms with Crippen LogP contribution >= 0.6 is 0 Å². The molecule has 1 aliphatic rings. The van der Waals surface area contributed by atoms with Gasteiger partial charge in [-0.05, 0) is 31.9 Å². The highest BCUT2D eigenvalue weighted by molar-refractivity contribution is 5.80. The molecule has 1 aromatic heterocycles. The summed E-state index contributed by atoms with van der Waals surface area (Å²) in [5, 5.41) is 12.9. The molecule has 1 fully saturated rings. The molecule has 2 aromatic rings. The van der Waals surface area contributed by atoms with Crippen molar-refractivity contribution in [2.75, 3.05) is 0 Å². The number of para-hydroxylation sites is 2. The van der Waals surface area contributed by atoms with Crippen molar-refractivity contribution >= 4 is 17.0 Å². The third kappa shape index (κ3) is 2.65. The molecule has 112 valence electrons. The standard InChI is InChI=1S/C16H21N3O2/c1-3-14-17-12-6-4-5-7-13(12)19(14)10-16(2,15(20)21)18-11-8-9-11/h4-7,11,18H,3,8-10H2,1-2H3,(H,20,21). The Kier molecular flexibility index (Phi) is 3.45. The van der Waals surface area contributed by atoms with Gasteiger partial charge < -0.3 is 9.67 Å². The Morgan fingerprint density at radius 1 is 1.48 bits per heavy atom. The van der Waals surface area contributed by atoms with E-state index >= 15 is 0 Å². The third-order valence-corrected chi connectivity index (χ3v) is 4.10. The van der Waals surface area contributed by atoms with E-state index in [1.165, 1.54) is 0 Å². The zero-order chi connectivity index (χ0) is 15.0. The number of aryl methyl sites for hydroxylation is 1. The fourth-order valence-electron chi connectivity index (χ4n) is 2.74. The molecule has 1 aliphatic carbocycles. The SMILES string of the molecule is CCc1nc2ccccc2n1CC(C)(NC1CC1)C(=O)O. The summed E-state index contributed by atoms with van der Waals surface area (Å²) in [6.07, 6.45) is 2.91. The van der Waals surface area contributed by atoms with Crippen LogP contribution in [-0.4, -0.2) is 32.2 Å². The highest BCUT2D eigenvalue weighted by Crippen LogP contribution is 2.25. The van der Waals surface area contributed by atoms with Crippen molar-refractivity contribution < 1.29 is 9.90 Å². The van der Waals surface area contributed by atoms with Gasteiger partial charge in [-0.25, -0.2) is 4.98 Å². The van der Waals surface area contributed by atoms with E-state index in [0.29, 0.717) is 12.6 Å². The van der Waals surface area contributed by atoms with Crippen LogP contribution in [0.15, 0.2) is 24.3 Å². The number of carboxylic acid groups (broad SMARTS) is 1. The van der Waals surface area contributed by atoms with E-state index in [-0.39, 0.29) is 0 Å². The van der Waals surface area contributed by atoms with E-state index in [2.05, 4.69) is 10.3 Å². The van der Waals surface area contributed by atoms with Gasteiger partial charge in [0.1, 0.15) is 11.4 Å². The predicted molar refractivity (Wildman–Crippen MR) is 81.3 cm³/mol. The van der Waals surface area contributed by atoms with Crippen molar-refractivity contribution in [3.05, 3.63) is 30.1 Å². The van der Waals surface area contributed by atoms with Crippen LogP contribution in [0.2, 0.25) is 0 Å². The Labute approximate surface area is 124 Å². The maximum atomic E-state index is 11.8. The van der Waals surface area contributed by atoms with E-state index in [1.54, 1.807) is 6.92 Å². The lowest BCUT2D eigenvalue weighted by molar-refractivity contribution is -0.144. The molecule has 0 spiro atoms. The summed E-state index contributed by atoms with van der Waals surface area (Å²) in [7, 11) is 0. The van der Waals surface area contributed by atoms with Gasteiger partial charge in [0, 0.05) is 12.5 Å². The van der Waals surface area contributed by atoms with Gasteiger partial charge >= 0.3 is 5.97 Å². The van der Waals surface area contributed by atoms with Crippen molar-refractivity contribution in [3.63, 3.8) is 0 Å². The maximum absolute atomic E-state index is 11.8. The Morgan fingerprint density at radius 3 is 2.81 bits per heavy atom. The molecule has 0 aliphatic heterocycles. The van der Waals surface area contributed by atoms with Gasteiger partial charge in [-0.3, -0.25) is 10.1 Å². The number of hydrogen-bond acceptors (Lipinski definition) is 3. The summed E-state index contributed by atoms with van der Waals surface area (Å²) in [5.41, 5.74) is 0.960. The second-order valence-corrected chi connectivity index (χ2v) is 6.01. The first-order chi connectivity index (χ1) is 10.0. The average molecular weight is 287 g/mol. The number of nitrogens with one attached hydrogen (secondary N) is 1. The Hall–Kier alpha value is -1.88. The first-order valence-electron chi connectivity index (χ1n) is 7.49. The normalized spacial score (nSPS) is 17.8. The van der Waals surface area contributed by atoms with Crippen LogP contribution in [0.1, 0.15) is 32.5 Å². The number of rotatable bonds is 6. The zero-order valence-electron chi connectivity index (χ0n) is 12.5. The Bertz CT molecular complexity index is 675. The van der Waals surface area contributed by atoms with Crippen molar-refractivity contribution in [2.24, 2.45) is 0 Å². The van der Waals surface area contributed by atoms with Gasteiger partial charge in [-0.15, -0.1) is 0 Å². The first-order valence-corrected chi connectivity index (χ1v) is 7.49. The van der Waals surface area contributed by atoms with E-state index < -0.39 is 11.5 Å². The Morgan fingerprint density at radius 2 is 2.19 bits per heavy atom. The fourth-order valence-corrected chi connectivity index (χ4v) is 2.74. The summed E-state index contributed by atoms with van der Waals surface area (Å²) in [4.78, 5) is 16.4. The average Bonchev–Trinajstić information content (AvgIpc) is 3.20.